The lowest BCUT2D eigenvalue weighted by molar-refractivity contribution is 0.208. The molecule has 0 aliphatic heterocycles. The van der Waals surface area contributed by atoms with E-state index >= 15 is 0 Å². The van der Waals surface area contributed by atoms with Gasteiger partial charge in [0.2, 0.25) is 6.29 Å². The van der Waals surface area contributed by atoms with Crippen LogP contribution in [-0.4, -0.2) is 25.3 Å². The van der Waals surface area contributed by atoms with Gasteiger partial charge >= 0.3 is 0 Å². The minimum atomic E-state index is -0.587. The number of hydrogen-bond donors (Lipinski definition) is 0. The van der Waals surface area contributed by atoms with Gasteiger partial charge in [0.25, 0.3) is 0 Å². The summed E-state index contributed by atoms with van der Waals surface area (Å²) in [6, 6.07) is 9.85. The fourth-order valence-electron chi connectivity index (χ4n) is 1.90. The number of carbonyl (C=O) groups excluding carboxylic acids is 1. The molecule has 1 unspecified atom stereocenters. The highest BCUT2D eigenvalue weighted by atomic mass is 16.1. The van der Waals surface area contributed by atoms with Crippen LogP contribution in [0.5, 0.6) is 0 Å². The van der Waals surface area contributed by atoms with Gasteiger partial charge in [-0.15, -0.1) is 0 Å². The minimum absolute atomic E-state index is 0.587. The summed E-state index contributed by atoms with van der Waals surface area (Å²) in [6.07, 6.45) is 3.97. The topological polar surface area (TPSA) is 20.3 Å². The first kappa shape index (κ1) is 11.9. The van der Waals surface area contributed by atoms with E-state index in [1.807, 2.05) is 49.3 Å². The second kappa shape index (κ2) is 5.08. The van der Waals surface area contributed by atoms with Gasteiger partial charge in [0.15, 0.2) is 0 Å². The fourth-order valence-corrected chi connectivity index (χ4v) is 1.90. The van der Waals surface area contributed by atoms with E-state index < -0.39 is 5.54 Å². The molecule has 0 heterocycles. The highest BCUT2D eigenvalue weighted by Gasteiger charge is 2.34. The van der Waals surface area contributed by atoms with Crippen LogP contribution >= 0.6 is 0 Å². The number of likely N-dealkylation sites (N-methyl/N-ethyl adjacent to an activating group) is 1. The van der Waals surface area contributed by atoms with Crippen LogP contribution in [0.15, 0.2) is 30.3 Å². The van der Waals surface area contributed by atoms with E-state index in [4.69, 9.17) is 0 Å². The first-order valence-corrected chi connectivity index (χ1v) is 5.29. The fraction of sp³-hybridized carbons (Fsp3) is 0.462. The SMILES string of the molecule is CCCC([C]=O)(c1ccccc1)N(C)C. The smallest absolute Gasteiger partial charge is 0.225 e. The first-order valence-electron chi connectivity index (χ1n) is 5.29. The molecule has 0 saturated carbocycles. The van der Waals surface area contributed by atoms with Crippen molar-refractivity contribution in [1.29, 1.82) is 0 Å². The third kappa shape index (κ3) is 2.26. The predicted molar refractivity (Wildman–Crippen MR) is 62.4 cm³/mol. The van der Waals surface area contributed by atoms with Crippen LogP contribution in [0.25, 0.3) is 0 Å². The molecule has 1 radical (unpaired) electrons. The van der Waals surface area contributed by atoms with E-state index in [2.05, 4.69) is 13.2 Å². The lowest BCUT2D eigenvalue weighted by atomic mass is 9.86. The van der Waals surface area contributed by atoms with E-state index in [0.717, 1.165) is 18.4 Å². The Labute approximate surface area is 91.9 Å². The predicted octanol–water partition coefficient (Wildman–Crippen LogP) is 2.35. The maximum Gasteiger partial charge on any atom is 0.225 e. The number of nitrogens with zero attached hydrogens (tertiary/aromatic N) is 1. The Morgan fingerprint density at radius 3 is 2.27 bits per heavy atom. The highest BCUT2D eigenvalue weighted by Crippen LogP contribution is 2.29. The molecule has 1 aromatic rings. The molecular formula is C13H18NO. The summed E-state index contributed by atoms with van der Waals surface area (Å²) in [5.41, 5.74) is 0.433. The number of benzene rings is 1. The van der Waals surface area contributed by atoms with Crippen LogP contribution < -0.4 is 0 Å². The van der Waals surface area contributed by atoms with Gasteiger partial charge in [0, 0.05) is 0 Å². The maximum absolute atomic E-state index is 11.3. The van der Waals surface area contributed by atoms with E-state index in [-0.39, 0.29) is 0 Å². The Morgan fingerprint density at radius 1 is 1.27 bits per heavy atom. The van der Waals surface area contributed by atoms with Gasteiger partial charge in [-0.25, -0.2) is 0 Å². The van der Waals surface area contributed by atoms with Gasteiger partial charge in [-0.1, -0.05) is 43.7 Å². The average Bonchev–Trinajstić information content (AvgIpc) is 2.26. The molecule has 2 nitrogen and oxygen atoms in total. The molecule has 0 aliphatic rings. The Kier molecular flexibility index (Phi) is 4.04. The van der Waals surface area contributed by atoms with Gasteiger partial charge < -0.3 is 0 Å². The summed E-state index contributed by atoms with van der Waals surface area (Å²) in [4.78, 5) is 13.2. The van der Waals surface area contributed by atoms with Crippen molar-refractivity contribution >= 4 is 6.29 Å². The molecule has 1 atom stereocenters. The largest absolute Gasteiger partial charge is 0.293 e. The Balaban J connectivity index is 3.15. The molecule has 0 saturated heterocycles. The molecule has 81 valence electrons. The van der Waals surface area contributed by atoms with Gasteiger partial charge in [-0.2, -0.15) is 0 Å². The van der Waals surface area contributed by atoms with Crippen molar-refractivity contribution in [2.24, 2.45) is 0 Å². The number of hydrogen-bond acceptors (Lipinski definition) is 2. The molecule has 0 amide bonds. The van der Waals surface area contributed by atoms with E-state index in [0.29, 0.717) is 0 Å². The molecule has 1 aromatic carbocycles. The second-order valence-electron chi connectivity index (χ2n) is 3.97. The summed E-state index contributed by atoms with van der Waals surface area (Å²) in [5, 5.41) is 0. The van der Waals surface area contributed by atoms with E-state index in [1.165, 1.54) is 0 Å². The van der Waals surface area contributed by atoms with Crippen molar-refractivity contribution in [2.45, 2.75) is 25.3 Å². The second-order valence-corrected chi connectivity index (χ2v) is 3.97. The lowest BCUT2D eigenvalue weighted by Gasteiger charge is -2.34. The zero-order valence-electron chi connectivity index (χ0n) is 9.66. The highest BCUT2D eigenvalue weighted by molar-refractivity contribution is 5.68. The van der Waals surface area contributed by atoms with Crippen LogP contribution in [0.4, 0.5) is 0 Å². The molecule has 0 aromatic heterocycles. The van der Waals surface area contributed by atoms with Gasteiger partial charge in [0.05, 0.1) is 0 Å². The monoisotopic (exact) mass is 204 g/mol. The summed E-state index contributed by atoms with van der Waals surface area (Å²) in [5.74, 6) is 0. The van der Waals surface area contributed by atoms with E-state index in [1.54, 1.807) is 0 Å². The third-order valence-corrected chi connectivity index (χ3v) is 2.80. The molecule has 0 spiro atoms. The molecule has 0 fully saturated rings. The zero-order valence-corrected chi connectivity index (χ0v) is 9.66. The van der Waals surface area contributed by atoms with Gasteiger partial charge in [-0.3, -0.25) is 9.69 Å². The van der Waals surface area contributed by atoms with Crippen LogP contribution in [0.1, 0.15) is 25.3 Å². The van der Waals surface area contributed by atoms with Crippen molar-refractivity contribution in [3.63, 3.8) is 0 Å². The van der Waals surface area contributed by atoms with Crippen molar-refractivity contribution in [1.82, 2.24) is 4.90 Å². The summed E-state index contributed by atoms with van der Waals surface area (Å²) in [6.45, 7) is 2.08. The first-order chi connectivity index (χ1) is 7.17. The molecule has 2 heteroatoms. The molecular weight excluding hydrogens is 186 g/mol. The van der Waals surface area contributed by atoms with Gasteiger partial charge in [-0.05, 0) is 26.1 Å². The maximum atomic E-state index is 11.3. The third-order valence-electron chi connectivity index (χ3n) is 2.80. The van der Waals surface area contributed by atoms with Crippen molar-refractivity contribution in [3.05, 3.63) is 35.9 Å². The quantitative estimate of drug-likeness (QED) is 0.733. The standard InChI is InChI=1S/C13H18NO/c1-4-10-13(11-15,14(2)3)12-8-6-5-7-9-12/h5-9H,4,10H2,1-3H3. The summed E-state index contributed by atoms with van der Waals surface area (Å²) in [7, 11) is 3.85. The summed E-state index contributed by atoms with van der Waals surface area (Å²) >= 11 is 0. The Hall–Kier alpha value is -1.15. The molecule has 0 aliphatic carbocycles. The van der Waals surface area contributed by atoms with Crippen LogP contribution in [0.3, 0.4) is 0 Å². The van der Waals surface area contributed by atoms with Crippen LogP contribution in [-0.2, 0) is 10.3 Å². The van der Waals surface area contributed by atoms with Crippen LogP contribution in [0.2, 0.25) is 0 Å². The Bertz CT molecular complexity index is 308. The average molecular weight is 204 g/mol. The minimum Gasteiger partial charge on any atom is -0.293 e. The number of rotatable bonds is 5. The van der Waals surface area contributed by atoms with Crippen molar-refractivity contribution < 1.29 is 4.79 Å². The molecule has 0 bridgehead atoms. The van der Waals surface area contributed by atoms with Gasteiger partial charge in [0.1, 0.15) is 5.54 Å². The normalized spacial score (nSPS) is 14.9. The molecule has 15 heavy (non-hydrogen) atoms. The lowest BCUT2D eigenvalue weighted by Crippen LogP contribution is -2.42. The van der Waals surface area contributed by atoms with E-state index in [9.17, 15) is 4.79 Å². The molecule has 0 N–H and O–H groups in total. The van der Waals surface area contributed by atoms with Crippen molar-refractivity contribution in [2.75, 3.05) is 14.1 Å². The van der Waals surface area contributed by atoms with Crippen LogP contribution in [0, 0.1) is 0 Å². The zero-order chi connectivity index (χ0) is 11.3. The Morgan fingerprint density at radius 2 is 1.87 bits per heavy atom. The van der Waals surface area contributed by atoms with Crippen molar-refractivity contribution in [3.8, 4) is 0 Å². The molecule has 1 rings (SSSR count). The summed E-state index contributed by atoms with van der Waals surface area (Å²) < 4.78 is 0.